The summed E-state index contributed by atoms with van der Waals surface area (Å²) in [7, 11) is 0. The maximum atomic E-state index is 8.03. The summed E-state index contributed by atoms with van der Waals surface area (Å²) in [5.74, 6) is 0. The maximum absolute atomic E-state index is 8.03. The second-order valence-corrected chi connectivity index (χ2v) is 1.52. The minimum absolute atomic E-state index is 0. The van der Waals surface area contributed by atoms with Crippen LogP contribution in [0.1, 0.15) is 25.7 Å². The van der Waals surface area contributed by atoms with E-state index < -0.39 is 0 Å². The van der Waals surface area contributed by atoms with Crippen LogP contribution in [0.15, 0.2) is 0 Å². The Labute approximate surface area is 65.2 Å². The minimum atomic E-state index is 0. The molecule has 0 bridgehead atoms. The predicted octanol–water partition coefficient (Wildman–Crippen LogP) is 1.81. The lowest BCUT2D eigenvalue weighted by Gasteiger charge is -1.83. The topological polar surface area (TPSA) is 82.6 Å². The van der Waals surface area contributed by atoms with E-state index in [2.05, 4.69) is 0 Å². The maximum Gasteiger partial charge on any atom is 0.0621 e. The van der Waals surface area contributed by atoms with Gasteiger partial charge in [-0.15, -0.1) is 0 Å². The highest BCUT2D eigenvalue weighted by molar-refractivity contribution is 6.92. The van der Waals surface area contributed by atoms with Crippen molar-refractivity contribution >= 4 is 9.90 Å². The zero-order valence-electron chi connectivity index (χ0n) is 6.14. The van der Waals surface area contributed by atoms with Gasteiger partial charge in [0.1, 0.15) is 0 Å². The molecule has 0 heterocycles. The summed E-state index contributed by atoms with van der Waals surface area (Å²) >= 11 is 0. The molecule has 58 valence electrons. The Morgan fingerprint density at radius 1 is 0.900 bits per heavy atom. The molecule has 0 aliphatic carbocycles. The van der Waals surface area contributed by atoms with E-state index in [1.54, 1.807) is 0 Å². The first kappa shape index (κ1) is 16.2. The van der Waals surface area contributed by atoms with E-state index in [0.29, 0.717) is 12.8 Å². The van der Waals surface area contributed by atoms with E-state index >= 15 is 0 Å². The van der Waals surface area contributed by atoms with Crippen molar-refractivity contribution < 1.29 is 0 Å². The Kier molecular flexibility index (Phi) is 25.5. The lowest BCUT2D eigenvalue weighted by molar-refractivity contribution is 0.773. The van der Waals surface area contributed by atoms with Crippen molar-refractivity contribution in [3.05, 3.63) is 0 Å². The van der Waals surface area contributed by atoms with E-state index in [-0.39, 0.29) is 16.0 Å². The van der Waals surface area contributed by atoms with Gasteiger partial charge in [-0.1, -0.05) is 0 Å². The average Bonchev–Trinajstić information content (AvgIpc) is 1.81. The van der Waals surface area contributed by atoms with Crippen molar-refractivity contribution in [2.75, 3.05) is 0 Å². The first-order valence-electron chi connectivity index (χ1n) is 2.65. The SMILES string of the molecule is N.N#CCCCCC#N.P. The molecule has 0 saturated carbocycles. The molecular weight excluding hydrogens is 145 g/mol. The van der Waals surface area contributed by atoms with Gasteiger partial charge in [0.15, 0.2) is 0 Å². The second kappa shape index (κ2) is 15.8. The van der Waals surface area contributed by atoms with Gasteiger partial charge in [0, 0.05) is 12.8 Å². The van der Waals surface area contributed by atoms with E-state index in [9.17, 15) is 0 Å². The molecule has 3 nitrogen and oxygen atoms in total. The molecule has 0 radical (unpaired) electrons. The fraction of sp³-hybridized carbons (Fsp3) is 0.667. The normalized spacial score (nSPS) is 5.80. The van der Waals surface area contributed by atoms with Crippen LogP contribution >= 0.6 is 9.90 Å². The van der Waals surface area contributed by atoms with Gasteiger partial charge in [-0.3, -0.25) is 0 Å². The van der Waals surface area contributed by atoms with Crippen molar-refractivity contribution in [2.24, 2.45) is 0 Å². The third-order valence-electron chi connectivity index (χ3n) is 0.827. The Hall–Kier alpha value is -0.630. The van der Waals surface area contributed by atoms with Crippen LogP contribution in [0.5, 0.6) is 0 Å². The molecule has 0 rings (SSSR count). The molecule has 0 aliphatic heterocycles. The third kappa shape index (κ3) is 15.7. The predicted molar refractivity (Wildman–Crippen MR) is 45.8 cm³/mol. The van der Waals surface area contributed by atoms with Crippen LogP contribution in [0.3, 0.4) is 0 Å². The molecule has 0 aromatic heterocycles. The number of hydrogen-bond donors (Lipinski definition) is 1. The van der Waals surface area contributed by atoms with Crippen molar-refractivity contribution in [3.63, 3.8) is 0 Å². The molecule has 0 aromatic carbocycles. The van der Waals surface area contributed by atoms with Crippen LogP contribution in [0, 0.1) is 22.7 Å². The summed E-state index contributed by atoms with van der Waals surface area (Å²) < 4.78 is 0. The number of hydrogen-bond acceptors (Lipinski definition) is 3. The van der Waals surface area contributed by atoms with Gasteiger partial charge in [0.05, 0.1) is 12.1 Å². The monoisotopic (exact) mass is 159 g/mol. The van der Waals surface area contributed by atoms with Gasteiger partial charge in [-0.05, 0) is 12.8 Å². The summed E-state index contributed by atoms with van der Waals surface area (Å²) in [5.41, 5.74) is 0. The lowest BCUT2D eigenvalue weighted by atomic mass is 10.2. The molecule has 0 aliphatic rings. The van der Waals surface area contributed by atoms with Crippen molar-refractivity contribution in [1.29, 1.82) is 10.5 Å². The number of unbranched alkanes of at least 4 members (excludes halogenated alkanes) is 3. The van der Waals surface area contributed by atoms with E-state index in [1.165, 1.54) is 0 Å². The zero-order valence-corrected chi connectivity index (χ0v) is 7.55. The van der Waals surface area contributed by atoms with E-state index in [1.807, 2.05) is 12.1 Å². The zero-order chi connectivity index (χ0) is 6.24. The molecule has 1 unspecified atom stereocenters. The van der Waals surface area contributed by atoms with Crippen LogP contribution in [0.25, 0.3) is 0 Å². The van der Waals surface area contributed by atoms with Crippen LogP contribution < -0.4 is 6.15 Å². The standard InChI is InChI=1S/C6H8N2.H3N.H3P/c7-5-3-1-2-4-6-8;;/h1-4H2;2*1H3. The summed E-state index contributed by atoms with van der Waals surface area (Å²) in [6.07, 6.45) is 2.90. The molecular formula is C6H14N3P. The average molecular weight is 159 g/mol. The molecule has 0 spiro atoms. The highest BCUT2D eigenvalue weighted by Gasteiger charge is 1.83. The molecule has 0 saturated heterocycles. The second-order valence-electron chi connectivity index (χ2n) is 1.52. The third-order valence-corrected chi connectivity index (χ3v) is 0.827. The van der Waals surface area contributed by atoms with Gasteiger partial charge in [-0.2, -0.15) is 20.4 Å². The van der Waals surface area contributed by atoms with E-state index in [0.717, 1.165) is 12.8 Å². The number of rotatable bonds is 3. The summed E-state index contributed by atoms with van der Waals surface area (Å²) in [4.78, 5) is 0. The van der Waals surface area contributed by atoms with Gasteiger partial charge >= 0.3 is 0 Å². The van der Waals surface area contributed by atoms with Gasteiger partial charge in [-0.25, -0.2) is 0 Å². The largest absolute Gasteiger partial charge is 0.344 e. The first-order chi connectivity index (χ1) is 3.91. The molecule has 0 aromatic rings. The highest BCUT2D eigenvalue weighted by Crippen LogP contribution is 1.95. The Bertz CT molecular complexity index is 106. The Balaban J connectivity index is -0.000000245. The van der Waals surface area contributed by atoms with Gasteiger partial charge in [0.25, 0.3) is 0 Å². The van der Waals surface area contributed by atoms with E-state index in [4.69, 9.17) is 10.5 Å². The highest BCUT2D eigenvalue weighted by atomic mass is 31.0. The minimum Gasteiger partial charge on any atom is -0.344 e. The number of nitrogens with zero attached hydrogens (tertiary/aromatic N) is 2. The number of nitriles is 2. The van der Waals surface area contributed by atoms with Crippen LogP contribution in [-0.2, 0) is 0 Å². The Morgan fingerprint density at radius 3 is 1.40 bits per heavy atom. The molecule has 10 heavy (non-hydrogen) atoms. The first-order valence-corrected chi connectivity index (χ1v) is 2.65. The molecule has 0 amide bonds. The molecule has 0 fully saturated rings. The fourth-order valence-corrected chi connectivity index (χ4v) is 0.408. The van der Waals surface area contributed by atoms with Crippen LogP contribution in [0.4, 0.5) is 0 Å². The van der Waals surface area contributed by atoms with Crippen LogP contribution in [-0.4, -0.2) is 0 Å². The Morgan fingerprint density at radius 2 is 1.20 bits per heavy atom. The quantitative estimate of drug-likeness (QED) is 0.503. The smallest absolute Gasteiger partial charge is 0.0621 e. The van der Waals surface area contributed by atoms with Gasteiger partial charge < -0.3 is 6.15 Å². The molecule has 1 atom stereocenters. The van der Waals surface area contributed by atoms with Gasteiger partial charge in [0.2, 0.25) is 0 Å². The fourth-order valence-electron chi connectivity index (χ4n) is 0.408. The summed E-state index contributed by atoms with van der Waals surface area (Å²) in [6, 6.07) is 4.03. The van der Waals surface area contributed by atoms with Crippen LogP contribution in [0.2, 0.25) is 0 Å². The summed E-state index contributed by atoms with van der Waals surface area (Å²) in [6.45, 7) is 0. The summed E-state index contributed by atoms with van der Waals surface area (Å²) in [5, 5.41) is 16.1. The molecule has 3 N–H and O–H groups in total. The van der Waals surface area contributed by atoms with Crippen molar-refractivity contribution in [2.45, 2.75) is 25.7 Å². The van der Waals surface area contributed by atoms with Crippen molar-refractivity contribution in [3.8, 4) is 12.1 Å². The van der Waals surface area contributed by atoms with Crippen molar-refractivity contribution in [1.82, 2.24) is 6.15 Å². The lowest BCUT2D eigenvalue weighted by Crippen LogP contribution is -1.70. The molecule has 4 heteroatoms.